The van der Waals surface area contributed by atoms with Crippen molar-refractivity contribution >= 4 is 17.7 Å². The highest BCUT2D eigenvalue weighted by Crippen LogP contribution is 2.24. The summed E-state index contributed by atoms with van der Waals surface area (Å²) in [7, 11) is 1.52. The number of piperidine rings is 1. The van der Waals surface area contributed by atoms with Crippen LogP contribution in [0.5, 0.6) is 5.75 Å². The Hall–Kier alpha value is -3.09. The fourth-order valence-electron chi connectivity index (χ4n) is 3.29. The molecule has 1 aromatic heterocycles. The van der Waals surface area contributed by atoms with Crippen molar-refractivity contribution in [3.05, 3.63) is 53.5 Å². The highest BCUT2D eigenvalue weighted by atomic mass is 16.5. The molecular weight excluding hydrogens is 362 g/mol. The van der Waals surface area contributed by atoms with E-state index in [1.54, 1.807) is 35.2 Å². The zero-order chi connectivity index (χ0) is 20.1. The monoisotopic (exact) mass is 385 g/mol. The second-order valence-electron chi connectivity index (χ2n) is 6.76. The van der Waals surface area contributed by atoms with Gasteiger partial charge in [0.1, 0.15) is 12.4 Å². The normalized spacial score (nSPS) is 16.5. The fraction of sp³-hybridized carbons (Fsp3) is 0.381. The zero-order valence-electron chi connectivity index (χ0n) is 16.0. The number of rotatable bonds is 6. The summed E-state index contributed by atoms with van der Waals surface area (Å²) in [6, 6.07) is 8.29. The van der Waals surface area contributed by atoms with Gasteiger partial charge in [-0.15, -0.1) is 0 Å². The van der Waals surface area contributed by atoms with E-state index in [4.69, 9.17) is 13.9 Å². The Morgan fingerprint density at radius 1 is 1.25 bits per heavy atom. The van der Waals surface area contributed by atoms with Gasteiger partial charge in [-0.1, -0.05) is 0 Å². The van der Waals surface area contributed by atoms with Crippen LogP contribution in [0.2, 0.25) is 0 Å². The third-order valence-corrected chi connectivity index (χ3v) is 4.83. The maximum atomic E-state index is 12.6. The molecule has 0 radical (unpaired) electrons. The first-order valence-corrected chi connectivity index (χ1v) is 9.17. The van der Waals surface area contributed by atoms with Crippen LogP contribution in [0.3, 0.4) is 0 Å². The van der Waals surface area contributed by atoms with Crippen LogP contribution in [-0.2, 0) is 16.1 Å². The zero-order valence-corrected chi connectivity index (χ0v) is 16.0. The van der Waals surface area contributed by atoms with Crippen molar-refractivity contribution < 1.29 is 28.3 Å². The van der Waals surface area contributed by atoms with E-state index in [2.05, 4.69) is 0 Å². The lowest BCUT2D eigenvalue weighted by Crippen LogP contribution is -2.42. The van der Waals surface area contributed by atoms with Gasteiger partial charge in [0.15, 0.2) is 11.5 Å². The van der Waals surface area contributed by atoms with Gasteiger partial charge in [0.2, 0.25) is 0 Å². The van der Waals surface area contributed by atoms with E-state index < -0.39 is 5.92 Å². The van der Waals surface area contributed by atoms with Crippen molar-refractivity contribution in [2.24, 2.45) is 5.92 Å². The molecule has 0 bridgehead atoms. The minimum atomic E-state index is -0.394. The molecule has 1 amide bonds. The van der Waals surface area contributed by atoms with Crippen molar-refractivity contribution in [1.82, 2.24) is 4.90 Å². The Morgan fingerprint density at radius 3 is 2.75 bits per heavy atom. The lowest BCUT2D eigenvalue weighted by molar-refractivity contribution is -0.151. The molecule has 0 N–H and O–H groups in total. The molecule has 1 unspecified atom stereocenters. The van der Waals surface area contributed by atoms with E-state index in [0.717, 1.165) is 6.42 Å². The third kappa shape index (κ3) is 4.42. The molecule has 1 atom stereocenters. The lowest BCUT2D eigenvalue weighted by atomic mass is 9.98. The van der Waals surface area contributed by atoms with Gasteiger partial charge >= 0.3 is 5.97 Å². The van der Waals surface area contributed by atoms with Crippen molar-refractivity contribution in [1.29, 1.82) is 0 Å². The summed E-state index contributed by atoms with van der Waals surface area (Å²) in [5.41, 5.74) is 1.16. The van der Waals surface area contributed by atoms with Crippen LogP contribution in [0.1, 0.15) is 46.2 Å². The molecule has 28 heavy (non-hydrogen) atoms. The van der Waals surface area contributed by atoms with Gasteiger partial charge in [-0.05, 0) is 50.1 Å². The Labute approximate surface area is 163 Å². The number of amides is 1. The average Bonchev–Trinajstić information content (AvgIpc) is 3.26. The highest BCUT2D eigenvalue weighted by molar-refractivity contribution is 5.94. The van der Waals surface area contributed by atoms with Crippen LogP contribution in [0.4, 0.5) is 0 Å². The summed E-state index contributed by atoms with van der Waals surface area (Å²) in [6.45, 7) is 2.36. The van der Waals surface area contributed by atoms with Gasteiger partial charge < -0.3 is 18.8 Å². The molecular formula is C21H23NO6. The van der Waals surface area contributed by atoms with E-state index in [1.165, 1.54) is 20.3 Å². The first-order valence-electron chi connectivity index (χ1n) is 9.17. The first kappa shape index (κ1) is 19.7. The quantitative estimate of drug-likeness (QED) is 0.561. The topological polar surface area (TPSA) is 86.0 Å². The van der Waals surface area contributed by atoms with Crippen LogP contribution < -0.4 is 4.74 Å². The fourth-order valence-corrected chi connectivity index (χ4v) is 3.29. The van der Waals surface area contributed by atoms with Crippen molar-refractivity contribution in [2.45, 2.75) is 26.4 Å². The molecule has 0 aliphatic carbocycles. The summed E-state index contributed by atoms with van der Waals surface area (Å²) in [4.78, 5) is 38.2. The summed E-state index contributed by atoms with van der Waals surface area (Å²) in [5, 5.41) is 0. The number of Topliss-reactive ketones (excluding diaryl/α,β-unsaturated/α-hetero) is 1. The van der Waals surface area contributed by atoms with Crippen LogP contribution in [0.15, 0.2) is 41.0 Å². The molecule has 3 rings (SSSR count). The van der Waals surface area contributed by atoms with E-state index in [1.807, 2.05) is 0 Å². The minimum absolute atomic E-state index is 0.00571. The number of carbonyl (C=O) groups is 3. The molecule has 1 saturated heterocycles. The molecule has 1 aliphatic rings. The molecule has 1 fully saturated rings. The van der Waals surface area contributed by atoms with E-state index >= 15 is 0 Å². The maximum absolute atomic E-state index is 12.6. The smallest absolute Gasteiger partial charge is 0.311 e. The Bertz CT molecular complexity index is 858. The molecule has 1 aliphatic heterocycles. The second-order valence-corrected chi connectivity index (χ2v) is 6.76. The van der Waals surface area contributed by atoms with Crippen LogP contribution in [0.25, 0.3) is 0 Å². The molecule has 0 saturated carbocycles. The van der Waals surface area contributed by atoms with Gasteiger partial charge in [-0.2, -0.15) is 0 Å². The summed E-state index contributed by atoms with van der Waals surface area (Å²) in [6.07, 6.45) is 2.83. The van der Waals surface area contributed by atoms with Crippen molar-refractivity contribution in [3.8, 4) is 5.75 Å². The second kappa shape index (κ2) is 8.73. The third-order valence-electron chi connectivity index (χ3n) is 4.83. The molecule has 7 nitrogen and oxygen atoms in total. The number of esters is 1. The Morgan fingerprint density at radius 2 is 2.07 bits per heavy atom. The Kier molecular flexibility index (Phi) is 6.13. The van der Waals surface area contributed by atoms with Crippen LogP contribution in [0, 0.1) is 5.92 Å². The van der Waals surface area contributed by atoms with Crippen molar-refractivity contribution in [3.63, 3.8) is 0 Å². The largest absolute Gasteiger partial charge is 0.496 e. The van der Waals surface area contributed by atoms with E-state index in [0.29, 0.717) is 36.4 Å². The predicted molar refractivity (Wildman–Crippen MR) is 100 cm³/mol. The van der Waals surface area contributed by atoms with Crippen LogP contribution in [-0.4, -0.2) is 42.8 Å². The summed E-state index contributed by atoms with van der Waals surface area (Å²) >= 11 is 0. The molecule has 2 aromatic rings. The summed E-state index contributed by atoms with van der Waals surface area (Å²) < 4.78 is 15.9. The van der Waals surface area contributed by atoms with Gasteiger partial charge in [0.05, 0.1) is 19.3 Å². The number of methoxy groups -OCH3 is 1. The highest BCUT2D eigenvalue weighted by Gasteiger charge is 2.31. The number of benzene rings is 1. The molecule has 0 spiro atoms. The average molecular weight is 385 g/mol. The maximum Gasteiger partial charge on any atom is 0.311 e. The van der Waals surface area contributed by atoms with Crippen LogP contribution >= 0.6 is 0 Å². The number of nitrogens with zero attached hydrogens (tertiary/aromatic N) is 1. The SMILES string of the molecule is COc1ccc(C(C)=O)cc1COC(=O)C1CCCN(C(=O)c2ccco2)C1. The molecule has 1 aromatic carbocycles. The number of carbonyl (C=O) groups excluding carboxylic acids is 3. The Balaban J connectivity index is 1.62. The number of hydrogen-bond acceptors (Lipinski definition) is 6. The number of hydrogen-bond donors (Lipinski definition) is 0. The minimum Gasteiger partial charge on any atom is -0.496 e. The summed E-state index contributed by atoms with van der Waals surface area (Å²) in [5.74, 6) is -0.245. The van der Waals surface area contributed by atoms with Gasteiger partial charge in [-0.25, -0.2) is 0 Å². The molecule has 7 heteroatoms. The number of furan rings is 1. The lowest BCUT2D eigenvalue weighted by Gasteiger charge is -2.31. The molecule has 148 valence electrons. The predicted octanol–water partition coefficient (Wildman–Crippen LogP) is 3.09. The van der Waals surface area contributed by atoms with Crippen molar-refractivity contribution in [2.75, 3.05) is 20.2 Å². The first-order chi connectivity index (χ1) is 13.5. The number of ketones is 1. The van der Waals surface area contributed by atoms with Gasteiger partial charge in [0, 0.05) is 24.2 Å². The number of likely N-dealkylation sites (tertiary alicyclic amines) is 1. The molecule has 2 heterocycles. The standard InChI is InChI=1S/C21H23NO6/c1-14(23)15-7-8-18(26-2)17(11-15)13-28-21(25)16-5-3-9-22(12-16)20(24)19-6-4-10-27-19/h4,6-8,10-11,16H,3,5,9,12-13H2,1-2H3. The van der Waals surface area contributed by atoms with E-state index in [9.17, 15) is 14.4 Å². The van der Waals surface area contributed by atoms with Gasteiger partial charge in [-0.3, -0.25) is 14.4 Å². The number of ether oxygens (including phenoxy) is 2. The van der Waals surface area contributed by atoms with Gasteiger partial charge in [0.25, 0.3) is 5.91 Å². The van der Waals surface area contributed by atoms with E-state index in [-0.39, 0.29) is 30.0 Å².